The Hall–Kier alpha value is -5.66. The molecule has 400 valence electrons. The van der Waals surface area contributed by atoms with Gasteiger partial charge in [-0.2, -0.15) is 0 Å². The van der Waals surface area contributed by atoms with E-state index < -0.39 is 131 Å². The molecule has 2 saturated heterocycles. The van der Waals surface area contributed by atoms with Crippen LogP contribution in [0.25, 0.3) is 0 Å². The minimum absolute atomic E-state index is 0.0289. The normalized spacial score (nSPS) is 25.0. The molecule has 10 amide bonds. The van der Waals surface area contributed by atoms with E-state index in [2.05, 4.69) is 37.2 Å². The molecule has 0 unspecified atom stereocenters. The standard InChI is InChI=1S/C47H73N11O12S2/c1-5-26(2)38-44(67)57-39(27(3)59)45(68)54-32(22-35(49)60)41(64)55-33(46(69)58-20-10-12-34(58)43(66)53-30(11-9-19-48)40(63)51-24-36(50)61)25-71-72-47(17-7-6-8-18-47)23-37(62)52-31(42(65)56-38)21-28-13-15-29(70-4)16-14-28/h13-16,26-27,30-34,38-39,59H,5-12,17-25,48H2,1-4H3,(H2,49,60)(H2,50,61)(H,51,63)(H,52,62)(H,53,66)(H,54,68)(H,55,64)(H,56,65)(H,57,67)/t26-,27+,30-,31-,32-,33+,34-,38-,39-/m0/s1. The largest absolute Gasteiger partial charge is 0.497 e. The molecule has 1 spiro atoms. The maximum atomic E-state index is 14.8. The Kier molecular flexibility index (Phi) is 23.4. The molecule has 14 N–H and O–H groups in total. The highest BCUT2D eigenvalue weighted by atomic mass is 33.1. The van der Waals surface area contributed by atoms with Crippen molar-refractivity contribution in [2.75, 3.05) is 32.5 Å². The van der Waals surface area contributed by atoms with E-state index in [-0.39, 0.29) is 44.5 Å². The molecule has 4 rings (SSSR count). The Morgan fingerprint density at radius 3 is 2.12 bits per heavy atom. The summed E-state index contributed by atoms with van der Waals surface area (Å²) < 4.78 is 4.61. The summed E-state index contributed by atoms with van der Waals surface area (Å²) in [5.74, 6) is -8.08. The highest BCUT2D eigenvalue weighted by molar-refractivity contribution is 8.77. The fourth-order valence-electron chi connectivity index (χ4n) is 8.84. The average Bonchev–Trinajstić information content (AvgIpc) is 3.84. The van der Waals surface area contributed by atoms with Crippen molar-refractivity contribution in [3.63, 3.8) is 0 Å². The Morgan fingerprint density at radius 2 is 1.51 bits per heavy atom. The van der Waals surface area contributed by atoms with Gasteiger partial charge < -0.3 is 69.2 Å². The highest BCUT2D eigenvalue weighted by Crippen LogP contribution is 2.48. The molecule has 23 nitrogen and oxygen atoms in total. The summed E-state index contributed by atoms with van der Waals surface area (Å²) in [4.78, 5) is 138. The van der Waals surface area contributed by atoms with E-state index in [4.69, 9.17) is 21.9 Å². The van der Waals surface area contributed by atoms with Crippen LogP contribution in [-0.4, -0.2) is 155 Å². The lowest BCUT2D eigenvalue weighted by atomic mass is 9.85. The lowest BCUT2D eigenvalue weighted by Crippen LogP contribution is -2.63. The van der Waals surface area contributed by atoms with Gasteiger partial charge in [0.2, 0.25) is 59.1 Å². The van der Waals surface area contributed by atoms with Crippen molar-refractivity contribution in [1.82, 2.24) is 42.1 Å². The van der Waals surface area contributed by atoms with Gasteiger partial charge in [0.25, 0.3) is 0 Å². The summed E-state index contributed by atoms with van der Waals surface area (Å²) in [5, 5.41) is 29.2. The predicted molar refractivity (Wildman–Crippen MR) is 269 cm³/mol. The van der Waals surface area contributed by atoms with E-state index in [1.807, 2.05) is 0 Å². The molecule has 0 aromatic heterocycles. The molecule has 2 aliphatic heterocycles. The number of aliphatic hydroxyl groups is 1. The van der Waals surface area contributed by atoms with Gasteiger partial charge in [-0.05, 0) is 75.6 Å². The molecule has 0 radical (unpaired) electrons. The van der Waals surface area contributed by atoms with Gasteiger partial charge in [-0.1, -0.05) is 73.3 Å². The Balaban J connectivity index is 1.75. The van der Waals surface area contributed by atoms with E-state index in [1.54, 1.807) is 38.1 Å². The second kappa shape index (κ2) is 28.5. The molecule has 1 aromatic carbocycles. The summed E-state index contributed by atoms with van der Waals surface area (Å²) in [6, 6.07) is -2.64. The van der Waals surface area contributed by atoms with Crippen molar-refractivity contribution in [2.24, 2.45) is 23.1 Å². The molecule has 1 aliphatic carbocycles. The molecule has 25 heteroatoms. The van der Waals surface area contributed by atoms with Crippen molar-refractivity contribution in [3.05, 3.63) is 29.8 Å². The second-order valence-corrected chi connectivity index (χ2v) is 21.5. The SMILES string of the molecule is CC[C@H](C)[C@@H]1NC(=O)[C@H](Cc2ccc(OC)cc2)NC(=O)CC2(CCCCC2)SSC[C@H](C(=O)N2CCC[C@H]2C(=O)N[C@@H](CCCN)C(=O)NCC(N)=O)NC(=O)[C@H](CC(N)=O)NC(=O)[C@H]([C@@H](C)O)NC1=O. The number of hydrogen-bond acceptors (Lipinski definition) is 15. The van der Waals surface area contributed by atoms with Gasteiger partial charge in [-0.15, -0.1) is 0 Å². The molecule has 1 aromatic rings. The highest BCUT2D eigenvalue weighted by Gasteiger charge is 2.43. The van der Waals surface area contributed by atoms with E-state index in [0.29, 0.717) is 43.4 Å². The molecular formula is C47H73N11O12S2. The van der Waals surface area contributed by atoms with Gasteiger partial charge in [-0.25, -0.2) is 0 Å². The van der Waals surface area contributed by atoms with Gasteiger partial charge >= 0.3 is 0 Å². The number of methoxy groups -OCH3 is 1. The van der Waals surface area contributed by atoms with Crippen LogP contribution in [-0.2, 0) is 54.4 Å². The summed E-state index contributed by atoms with van der Waals surface area (Å²) in [7, 11) is 4.08. The summed E-state index contributed by atoms with van der Waals surface area (Å²) in [6.07, 6.45) is 2.68. The van der Waals surface area contributed by atoms with Crippen LogP contribution in [0.1, 0.15) is 103 Å². The number of nitrogens with two attached hydrogens (primary N) is 3. The van der Waals surface area contributed by atoms with Crippen LogP contribution in [0.4, 0.5) is 0 Å². The first-order chi connectivity index (χ1) is 34.2. The molecular weight excluding hydrogens is 975 g/mol. The number of benzene rings is 1. The average molecular weight is 1050 g/mol. The number of primary amides is 2. The predicted octanol–water partition coefficient (Wildman–Crippen LogP) is -1.73. The summed E-state index contributed by atoms with van der Waals surface area (Å²) in [6.45, 7) is 4.50. The Morgan fingerprint density at radius 1 is 0.861 bits per heavy atom. The first-order valence-corrected chi connectivity index (χ1v) is 26.8. The third-order valence-electron chi connectivity index (χ3n) is 13.1. The summed E-state index contributed by atoms with van der Waals surface area (Å²) in [5.41, 5.74) is 17.1. The van der Waals surface area contributed by atoms with Gasteiger partial charge in [-0.3, -0.25) is 47.9 Å². The Labute approximate surface area is 427 Å². The zero-order valence-corrected chi connectivity index (χ0v) is 43.1. The van der Waals surface area contributed by atoms with Crippen molar-refractivity contribution < 1.29 is 57.8 Å². The molecule has 0 bridgehead atoms. The van der Waals surface area contributed by atoms with Crippen molar-refractivity contribution in [1.29, 1.82) is 0 Å². The van der Waals surface area contributed by atoms with Crippen molar-refractivity contribution in [3.8, 4) is 5.75 Å². The lowest BCUT2D eigenvalue weighted by molar-refractivity contribution is -0.142. The van der Waals surface area contributed by atoms with E-state index in [0.717, 1.165) is 19.3 Å². The molecule has 72 heavy (non-hydrogen) atoms. The van der Waals surface area contributed by atoms with Crippen molar-refractivity contribution in [2.45, 2.75) is 157 Å². The lowest BCUT2D eigenvalue weighted by Gasteiger charge is -2.37. The third kappa shape index (κ3) is 17.5. The zero-order valence-electron chi connectivity index (χ0n) is 41.5. The van der Waals surface area contributed by atoms with Gasteiger partial charge in [0.1, 0.15) is 48.0 Å². The van der Waals surface area contributed by atoms with Crippen LogP contribution < -0.4 is 59.2 Å². The number of aliphatic hydroxyl groups excluding tert-OH is 1. The first-order valence-electron chi connectivity index (χ1n) is 24.5. The smallest absolute Gasteiger partial charge is 0.246 e. The Bertz CT molecular complexity index is 2090. The number of carbonyl (C=O) groups excluding carboxylic acids is 10. The fourth-order valence-corrected chi connectivity index (χ4v) is 12.2. The monoisotopic (exact) mass is 1050 g/mol. The number of rotatable bonds is 17. The number of nitrogens with zero attached hydrogens (tertiary/aromatic N) is 1. The van der Waals surface area contributed by atoms with Gasteiger partial charge in [0.15, 0.2) is 0 Å². The molecule has 1 saturated carbocycles. The number of hydrogen-bond donors (Lipinski definition) is 11. The van der Waals surface area contributed by atoms with E-state index >= 15 is 0 Å². The quantitative estimate of drug-likeness (QED) is 0.0773. The number of ether oxygens (including phenoxy) is 1. The number of carbonyl (C=O) groups is 10. The number of amides is 10. The van der Waals surface area contributed by atoms with Crippen LogP contribution in [0.15, 0.2) is 24.3 Å². The maximum absolute atomic E-state index is 14.8. The van der Waals surface area contributed by atoms with E-state index in [9.17, 15) is 53.1 Å². The molecule has 3 fully saturated rings. The minimum Gasteiger partial charge on any atom is -0.497 e. The first kappa shape index (κ1) is 58.9. The number of likely N-dealkylation sites (tertiary alicyclic amines) is 1. The maximum Gasteiger partial charge on any atom is 0.246 e. The minimum atomic E-state index is -1.74. The fraction of sp³-hybridized carbons (Fsp3) is 0.660. The summed E-state index contributed by atoms with van der Waals surface area (Å²) >= 11 is 0. The van der Waals surface area contributed by atoms with Crippen molar-refractivity contribution >= 4 is 80.7 Å². The topological polar surface area (TPSA) is 366 Å². The second-order valence-electron chi connectivity index (χ2n) is 18.7. The molecule has 3 aliphatic rings. The van der Waals surface area contributed by atoms with E-state index in [1.165, 1.54) is 40.5 Å². The number of nitrogens with one attached hydrogen (secondary N) is 7. The van der Waals surface area contributed by atoms with Gasteiger partial charge in [0.05, 0.1) is 26.2 Å². The third-order valence-corrected chi connectivity index (χ3v) is 16.4. The van der Waals surface area contributed by atoms with Crippen LogP contribution in [0, 0.1) is 5.92 Å². The van der Waals surface area contributed by atoms with Crippen LogP contribution >= 0.6 is 21.6 Å². The van der Waals surface area contributed by atoms with Crippen LogP contribution in [0.5, 0.6) is 5.75 Å². The van der Waals surface area contributed by atoms with Gasteiger partial charge in [0, 0.05) is 29.9 Å². The molecule has 2 heterocycles. The zero-order chi connectivity index (χ0) is 53.1. The van der Waals surface area contributed by atoms with Crippen LogP contribution in [0.3, 0.4) is 0 Å². The molecule has 9 atom stereocenters. The van der Waals surface area contributed by atoms with Crippen LogP contribution in [0.2, 0.25) is 0 Å².